The molecular formula is C11H11NO3. The van der Waals surface area contributed by atoms with Gasteiger partial charge in [-0.3, -0.25) is 4.79 Å². The van der Waals surface area contributed by atoms with Crippen molar-refractivity contribution < 1.29 is 14.3 Å². The van der Waals surface area contributed by atoms with Gasteiger partial charge in [0.1, 0.15) is 0 Å². The van der Waals surface area contributed by atoms with Gasteiger partial charge in [-0.1, -0.05) is 30.3 Å². The molecule has 1 atom stereocenters. The second-order valence-corrected chi connectivity index (χ2v) is 2.93. The van der Waals surface area contributed by atoms with Crippen LogP contribution in [0.1, 0.15) is 18.0 Å². The van der Waals surface area contributed by atoms with Crippen LogP contribution < -0.4 is 0 Å². The van der Waals surface area contributed by atoms with Crippen LogP contribution in [0.25, 0.3) is 0 Å². The van der Waals surface area contributed by atoms with E-state index in [2.05, 4.69) is 9.73 Å². The third kappa shape index (κ3) is 3.37. The monoisotopic (exact) mass is 205 g/mol. The highest BCUT2D eigenvalue weighted by atomic mass is 16.5. The minimum Gasteiger partial charge on any atom is -0.469 e. The lowest BCUT2D eigenvalue weighted by Gasteiger charge is -2.08. The zero-order valence-electron chi connectivity index (χ0n) is 8.34. The second kappa shape index (κ2) is 5.73. The predicted molar refractivity (Wildman–Crippen MR) is 53.9 cm³/mol. The number of esters is 1. The number of methoxy groups -OCH3 is 1. The van der Waals surface area contributed by atoms with E-state index in [1.807, 2.05) is 18.2 Å². The quantitative estimate of drug-likeness (QED) is 0.426. The first kappa shape index (κ1) is 11.1. The Morgan fingerprint density at radius 1 is 1.47 bits per heavy atom. The Hall–Kier alpha value is -1.93. The molecule has 4 heteroatoms. The van der Waals surface area contributed by atoms with Crippen LogP contribution in [-0.4, -0.2) is 19.2 Å². The summed E-state index contributed by atoms with van der Waals surface area (Å²) in [5.74, 6) is -0.400. The molecule has 1 unspecified atom stereocenters. The molecular weight excluding hydrogens is 194 g/mol. The van der Waals surface area contributed by atoms with Gasteiger partial charge in [0.2, 0.25) is 6.08 Å². The number of hydrogen-bond acceptors (Lipinski definition) is 4. The molecule has 1 aromatic rings. The van der Waals surface area contributed by atoms with E-state index in [4.69, 9.17) is 0 Å². The number of isocyanates is 1. The van der Waals surface area contributed by atoms with Crippen molar-refractivity contribution in [1.82, 2.24) is 0 Å². The minimum atomic E-state index is -0.504. The summed E-state index contributed by atoms with van der Waals surface area (Å²) in [6.45, 7) is 0. The molecule has 0 aliphatic rings. The van der Waals surface area contributed by atoms with Crippen LogP contribution in [0.3, 0.4) is 0 Å². The van der Waals surface area contributed by atoms with Crippen molar-refractivity contribution in [3.05, 3.63) is 35.9 Å². The van der Waals surface area contributed by atoms with Crippen LogP contribution in [-0.2, 0) is 14.3 Å². The molecule has 0 fully saturated rings. The minimum absolute atomic E-state index is 0.0513. The van der Waals surface area contributed by atoms with Gasteiger partial charge in [-0.2, -0.15) is 4.99 Å². The van der Waals surface area contributed by atoms with Crippen LogP contribution in [0.2, 0.25) is 0 Å². The number of carbonyl (C=O) groups excluding carboxylic acids is 2. The number of carbonyl (C=O) groups is 1. The lowest BCUT2D eigenvalue weighted by Crippen LogP contribution is -2.06. The van der Waals surface area contributed by atoms with E-state index in [1.54, 1.807) is 12.1 Å². The zero-order chi connectivity index (χ0) is 11.1. The molecule has 0 saturated heterocycles. The molecule has 1 aromatic carbocycles. The molecule has 0 amide bonds. The first-order chi connectivity index (χ1) is 7.27. The zero-order valence-corrected chi connectivity index (χ0v) is 8.34. The van der Waals surface area contributed by atoms with E-state index in [0.29, 0.717) is 0 Å². The Balaban J connectivity index is 2.84. The fourth-order valence-corrected chi connectivity index (χ4v) is 1.22. The Labute approximate surface area is 87.6 Å². The van der Waals surface area contributed by atoms with Crippen molar-refractivity contribution in [3.8, 4) is 0 Å². The SMILES string of the molecule is COC(=O)CC(N=C=O)c1ccccc1. The summed E-state index contributed by atoms with van der Waals surface area (Å²) in [6.07, 6.45) is 1.51. The number of aliphatic imine (C=N–C) groups is 1. The summed E-state index contributed by atoms with van der Waals surface area (Å²) in [6, 6.07) is 8.59. The topological polar surface area (TPSA) is 55.7 Å². The molecule has 15 heavy (non-hydrogen) atoms. The van der Waals surface area contributed by atoms with Gasteiger partial charge in [0.15, 0.2) is 0 Å². The molecule has 0 heterocycles. The van der Waals surface area contributed by atoms with Crippen molar-refractivity contribution in [2.75, 3.05) is 7.11 Å². The van der Waals surface area contributed by atoms with E-state index in [-0.39, 0.29) is 6.42 Å². The van der Waals surface area contributed by atoms with Gasteiger partial charge in [0.25, 0.3) is 0 Å². The highest BCUT2D eigenvalue weighted by Crippen LogP contribution is 2.20. The second-order valence-electron chi connectivity index (χ2n) is 2.93. The smallest absolute Gasteiger partial charge is 0.308 e. The van der Waals surface area contributed by atoms with E-state index >= 15 is 0 Å². The summed E-state index contributed by atoms with van der Waals surface area (Å²) < 4.78 is 4.52. The molecule has 1 rings (SSSR count). The first-order valence-corrected chi connectivity index (χ1v) is 4.46. The summed E-state index contributed by atoms with van der Waals surface area (Å²) in [4.78, 5) is 24.8. The van der Waals surface area contributed by atoms with E-state index in [1.165, 1.54) is 13.2 Å². The van der Waals surface area contributed by atoms with Gasteiger partial charge >= 0.3 is 5.97 Å². The van der Waals surface area contributed by atoms with Gasteiger partial charge in [0, 0.05) is 0 Å². The van der Waals surface area contributed by atoms with Crippen molar-refractivity contribution in [2.24, 2.45) is 4.99 Å². The molecule has 0 aromatic heterocycles. The Morgan fingerprint density at radius 2 is 2.13 bits per heavy atom. The maximum atomic E-state index is 11.1. The molecule has 78 valence electrons. The molecule has 4 nitrogen and oxygen atoms in total. The van der Waals surface area contributed by atoms with E-state index in [0.717, 1.165) is 5.56 Å². The maximum absolute atomic E-state index is 11.1. The van der Waals surface area contributed by atoms with Crippen molar-refractivity contribution in [2.45, 2.75) is 12.5 Å². The Bertz CT molecular complexity index is 369. The number of hydrogen-bond donors (Lipinski definition) is 0. The predicted octanol–water partition coefficient (Wildman–Crippen LogP) is 1.63. The summed E-state index contributed by atoms with van der Waals surface area (Å²) in [5, 5.41) is 0. The fraction of sp³-hybridized carbons (Fsp3) is 0.273. The van der Waals surface area contributed by atoms with Gasteiger partial charge in [0.05, 0.1) is 19.6 Å². The third-order valence-electron chi connectivity index (χ3n) is 1.98. The van der Waals surface area contributed by atoms with Gasteiger partial charge in [-0.15, -0.1) is 0 Å². The van der Waals surface area contributed by atoms with Crippen molar-refractivity contribution in [1.29, 1.82) is 0 Å². The van der Waals surface area contributed by atoms with Crippen LogP contribution >= 0.6 is 0 Å². The standard InChI is InChI=1S/C11H11NO3/c1-15-11(14)7-10(12-8-13)9-5-3-2-4-6-9/h2-6,10H,7H2,1H3. The number of rotatable bonds is 4. The summed E-state index contributed by atoms with van der Waals surface area (Å²) >= 11 is 0. The third-order valence-corrected chi connectivity index (χ3v) is 1.98. The normalized spacial score (nSPS) is 11.3. The highest BCUT2D eigenvalue weighted by molar-refractivity contribution is 5.70. The first-order valence-electron chi connectivity index (χ1n) is 4.46. The number of nitrogens with zero attached hydrogens (tertiary/aromatic N) is 1. The molecule has 0 bridgehead atoms. The van der Waals surface area contributed by atoms with Crippen molar-refractivity contribution in [3.63, 3.8) is 0 Å². The van der Waals surface area contributed by atoms with Gasteiger partial charge in [-0.25, -0.2) is 4.79 Å². The Morgan fingerprint density at radius 3 is 2.67 bits per heavy atom. The van der Waals surface area contributed by atoms with Crippen molar-refractivity contribution >= 4 is 12.0 Å². The van der Waals surface area contributed by atoms with E-state index < -0.39 is 12.0 Å². The molecule has 0 aliphatic carbocycles. The summed E-state index contributed by atoms with van der Waals surface area (Å²) in [7, 11) is 1.30. The Kier molecular flexibility index (Phi) is 4.26. The van der Waals surface area contributed by atoms with Crippen LogP contribution in [0, 0.1) is 0 Å². The fourth-order valence-electron chi connectivity index (χ4n) is 1.22. The van der Waals surface area contributed by atoms with Crippen LogP contribution in [0.4, 0.5) is 0 Å². The molecule has 0 N–H and O–H groups in total. The highest BCUT2D eigenvalue weighted by Gasteiger charge is 2.14. The molecule has 0 aliphatic heterocycles. The largest absolute Gasteiger partial charge is 0.469 e. The molecule has 0 spiro atoms. The summed E-state index contributed by atoms with van der Waals surface area (Å²) in [5.41, 5.74) is 0.797. The van der Waals surface area contributed by atoms with Crippen LogP contribution in [0.15, 0.2) is 35.3 Å². The van der Waals surface area contributed by atoms with Gasteiger partial charge < -0.3 is 4.74 Å². The lowest BCUT2D eigenvalue weighted by atomic mass is 10.0. The number of ether oxygens (including phenoxy) is 1. The van der Waals surface area contributed by atoms with E-state index in [9.17, 15) is 9.59 Å². The van der Waals surface area contributed by atoms with Gasteiger partial charge in [-0.05, 0) is 5.56 Å². The number of benzene rings is 1. The van der Waals surface area contributed by atoms with Crippen LogP contribution in [0.5, 0.6) is 0 Å². The average Bonchev–Trinajstić information content (AvgIpc) is 2.29. The lowest BCUT2D eigenvalue weighted by molar-refractivity contribution is -0.141. The maximum Gasteiger partial charge on any atom is 0.308 e. The molecule has 0 saturated carbocycles. The average molecular weight is 205 g/mol. The molecule has 0 radical (unpaired) electrons.